The second kappa shape index (κ2) is 9.66. The van der Waals surface area contributed by atoms with Gasteiger partial charge in [-0.3, -0.25) is 4.79 Å². The van der Waals surface area contributed by atoms with Crippen molar-refractivity contribution in [2.75, 3.05) is 13.2 Å². The van der Waals surface area contributed by atoms with Crippen LogP contribution < -0.4 is 14.8 Å². The second-order valence-corrected chi connectivity index (χ2v) is 7.66. The van der Waals surface area contributed by atoms with Gasteiger partial charge in [0.15, 0.2) is 17.6 Å². The number of carbonyl (C=O) groups excluding carboxylic acids is 2. The predicted octanol–water partition coefficient (Wildman–Crippen LogP) is 3.50. The number of halogens is 1. The van der Waals surface area contributed by atoms with E-state index in [0.717, 1.165) is 6.42 Å². The third kappa shape index (κ3) is 5.88. The molecule has 2 atom stereocenters. The normalized spacial score (nSPS) is 16.4. The van der Waals surface area contributed by atoms with Gasteiger partial charge in [-0.1, -0.05) is 25.4 Å². The fraction of sp³-hybridized carbons (Fsp3) is 0.476. The lowest BCUT2D eigenvalue weighted by Gasteiger charge is -2.28. The van der Waals surface area contributed by atoms with Gasteiger partial charge in [0, 0.05) is 12.5 Å². The number of esters is 1. The Morgan fingerprint density at radius 3 is 2.66 bits per heavy atom. The maximum absolute atomic E-state index is 12.3. The number of nitrogens with zero attached hydrogens (tertiary/aromatic N) is 1. The number of ether oxygens (including phenoxy) is 3. The van der Waals surface area contributed by atoms with E-state index in [-0.39, 0.29) is 5.92 Å². The molecule has 2 unspecified atom stereocenters. The molecule has 156 valence electrons. The van der Waals surface area contributed by atoms with Crippen molar-refractivity contribution in [1.82, 2.24) is 5.32 Å². The summed E-state index contributed by atoms with van der Waals surface area (Å²) in [6.07, 6.45) is 2.42. The molecule has 0 aliphatic carbocycles. The minimum absolute atomic E-state index is 0.108. The molecular formula is C21H25ClN2O5. The van der Waals surface area contributed by atoms with E-state index in [0.29, 0.717) is 35.3 Å². The SMILES string of the molecule is CC(OC(=O)/C=C/c1cc(Cl)c2c(c1)OCCCO2)C(=O)NC(C)(C#N)C(C)C. The number of amides is 1. The predicted molar refractivity (Wildman–Crippen MR) is 109 cm³/mol. The number of benzene rings is 1. The molecule has 0 bridgehead atoms. The molecule has 1 N–H and O–H groups in total. The lowest BCUT2D eigenvalue weighted by atomic mass is 9.90. The first kappa shape index (κ1) is 22.6. The summed E-state index contributed by atoms with van der Waals surface area (Å²) in [6, 6.07) is 5.44. The van der Waals surface area contributed by atoms with Crippen LogP contribution in [0.5, 0.6) is 11.5 Å². The Labute approximate surface area is 175 Å². The first-order chi connectivity index (χ1) is 13.7. The van der Waals surface area contributed by atoms with E-state index < -0.39 is 23.5 Å². The molecule has 2 rings (SSSR count). The molecule has 0 spiro atoms. The topological polar surface area (TPSA) is 97.7 Å². The van der Waals surface area contributed by atoms with Crippen molar-refractivity contribution in [3.05, 3.63) is 28.8 Å². The molecule has 1 aromatic carbocycles. The summed E-state index contributed by atoms with van der Waals surface area (Å²) in [6.45, 7) is 7.76. The Morgan fingerprint density at radius 2 is 2.00 bits per heavy atom. The highest BCUT2D eigenvalue weighted by Gasteiger charge is 2.32. The minimum Gasteiger partial charge on any atom is -0.489 e. The van der Waals surface area contributed by atoms with Gasteiger partial charge in [-0.15, -0.1) is 0 Å². The molecule has 0 saturated heterocycles. The van der Waals surface area contributed by atoms with E-state index in [2.05, 4.69) is 11.4 Å². The molecule has 1 aromatic rings. The molecule has 0 radical (unpaired) electrons. The number of rotatable bonds is 6. The van der Waals surface area contributed by atoms with E-state index in [1.165, 1.54) is 19.1 Å². The van der Waals surface area contributed by atoms with E-state index in [4.69, 9.17) is 25.8 Å². The van der Waals surface area contributed by atoms with Crippen LogP contribution in [0.4, 0.5) is 0 Å². The van der Waals surface area contributed by atoms with Crippen LogP contribution in [0, 0.1) is 17.2 Å². The Kier molecular flexibility index (Phi) is 7.52. The number of carbonyl (C=O) groups is 2. The van der Waals surface area contributed by atoms with Gasteiger partial charge >= 0.3 is 5.97 Å². The van der Waals surface area contributed by atoms with E-state index in [1.54, 1.807) is 19.1 Å². The zero-order valence-corrected chi connectivity index (χ0v) is 17.7. The highest BCUT2D eigenvalue weighted by molar-refractivity contribution is 6.32. The Hall–Kier alpha value is -2.72. The number of hydrogen-bond acceptors (Lipinski definition) is 6. The quantitative estimate of drug-likeness (QED) is 0.558. The van der Waals surface area contributed by atoms with Crippen molar-refractivity contribution in [2.24, 2.45) is 5.92 Å². The summed E-state index contributed by atoms with van der Waals surface area (Å²) in [5.41, 5.74) is -0.418. The molecule has 1 heterocycles. The number of nitrogens with one attached hydrogen (secondary N) is 1. The zero-order valence-electron chi connectivity index (χ0n) is 17.0. The average Bonchev–Trinajstić information content (AvgIpc) is 2.91. The molecular weight excluding hydrogens is 396 g/mol. The van der Waals surface area contributed by atoms with Crippen LogP contribution in [0.25, 0.3) is 6.08 Å². The van der Waals surface area contributed by atoms with Crippen LogP contribution in [-0.4, -0.2) is 36.7 Å². The minimum atomic E-state index is -1.05. The van der Waals surface area contributed by atoms with Gasteiger partial charge in [0.25, 0.3) is 5.91 Å². The highest BCUT2D eigenvalue weighted by atomic mass is 35.5. The van der Waals surface area contributed by atoms with Crippen molar-refractivity contribution in [2.45, 2.75) is 45.8 Å². The summed E-state index contributed by atoms with van der Waals surface area (Å²) in [5.74, 6) is -0.342. The second-order valence-electron chi connectivity index (χ2n) is 7.25. The Balaban J connectivity index is 2.01. The Bertz CT molecular complexity index is 846. The molecule has 8 heteroatoms. The maximum atomic E-state index is 12.3. The molecule has 7 nitrogen and oxygen atoms in total. The van der Waals surface area contributed by atoms with Crippen molar-refractivity contribution in [3.63, 3.8) is 0 Å². The average molecular weight is 421 g/mol. The van der Waals surface area contributed by atoms with Crippen LogP contribution >= 0.6 is 11.6 Å². The summed E-state index contributed by atoms with van der Waals surface area (Å²) in [4.78, 5) is 24.3. The summed E-state index contributed by atoms with van der Waals surface area (Å²) < 4.78 is 16.3. The van der Waals surface area contributed by atoms with E-state index >= 15 is 0 Å². The number of nitriles is 1. The van der Waals surface area contributed by atoms with Crippen LogP contribution in [0.1, 0.15) is 39.7 Å². The summed E-state index contributed by atoms with van der Waals surface area (Å²) in [7, 11) is 0. The number of hydrogen-bond donors (Lipinski definition) is 1. The van der Waals surface area contributed by atoms with Crippen molar-refractivity contribution in [3.8, 4) is 17.6 Å². The highest BCUT2D eigenvalue weighted by Crippen LogP contribution is 2.38. The van der Waals surface area contributed by atoms with Crippen molar-refractivity contribution >= 4 is 29.6 Å². The third-order valence-corrected chi connectivity index (χ3v) is 4.95. The standard InChI is InChI=1S/C21H25ClN2O5/c1-13(2)21(4,12-23)24-20(26)14(3)29-18(25)7-6-15-10-16(22)19-17(11-15)27-8-5-9-28-19/h6-7,10-11,13-14H,5,8-9H2,1-4H3,(H,24,26)/b7-6+. The molecule has 0 fully saturated rings. The van der Waals surface area contributed by atoms with Crippen molar-refractivity contribution < 1.29 is 23.8 Å². The molecule has 1 aliphatic rings. The molecule has 1 amide bonds. The van der Waals surface area contributed by atoms with Crippen LogP contribution in [-0.2, 0) is 14.3 Å². The fourth-order valence-electron chi connectivity index (χ4n) is 2.44. The van der Waals surface area contributed by atoms with Crippen LogP contribution in [0.3, 0.4) is 0 Å². The Morgan fingerprint density at radius 1 is 1.31 bits per heavy atom. The molecule has 29 heavy (non-hydrogen) atoms. The van der Waals surface area contributed by atoms with E-state index in [1.807, 2.05) is 13.8 Å². The largest absolute Gasteiger partial charge is 0.489 e. The summed E-state index contributed by atoms with van der Waals surface area (Å²) >= 11 is 6.23. The van der Waals surface area contributed by atoms with E-state index in [9.17, 15) is 14.9 Å². The summed E-state index contributed by atoms with van der Waals surface area (Å²) in [5, 5.41) is 12.3. The van der Waals surface area contributed by atoms with Crippen LogP contribution in [0.15, 0.2) is 18.2 Å². The zero-order chi connectivity index (χ0) is 21.6. The van der Waals surface area contributed by atoms with Gasteiger partial charge in [0.2, 0.25) is 0 Å². The first-order valence-electron chi connectivity index (χ1n) is 9.37. The van der Waals surface area contributed by atoms with Gasteiger partial charge in [0.1, 0.15) is 5.54 Å². The molecule has 1 aliphatic heterocycles. The van der Waals surface area contributed by atoms with Gasteiger partial charge in [-0.25, -0.2) is 4.79 Å². The number of fused-ring (bicyclic) bond motifs is 1. The van der Waals surface area contributed by atoms with Gasteiger partial charge < -0.3 is 19.5 Å². The van der Waals surface area contributed by atoms with Gasteiger partial charge in [-0.2, -0.15) is 5.26 Å². The molecule has 0 aromatic heterocycles. The molecule has 0 saturated carbocycles. The third-order valence-electron chi connectivity index (χ3n) is 4.67. The smallest absolute Gasteiger partial charge is 0.331 e. The van der Waals surface area contributed by atoms with Crippen LogP contribution in [0.2, 0.25) is 5.02 Å². The maximum Gasteiger partial charge on any atom is 0.331 e. The lowest BCUT2D eigenvalue weighted by molar-refractivity contribution is -0.150. The van der Waals surface area contributed by atoms with Gasteiger partial charge in [0.05, 0.1) is 24.3 Å². The first-order valence-corrected chi connectivity index (χ1v) is 9.75. The fourth-order valence-corrected chi connectivity index (χ4v) is 2.71. The lowest BCUT2D eigenvalue weighted by Crippen LogP contribution is -2.52. The van der Waals surface area contributed by atoms with Gasteiger partial charge in [-0.05, 0) is 43.5 Å². The monoisotopic (exact) mass is 420 g/mol. The van der Waals surface area contributed by atoms with Crippen molar-refractivity contribution in [1.29, 1.82) is 5.26 Å².